The normalized spacial score (nSPS) is 32.4. The van der Waals surface area contributed by atoms with Crippen LogP contribution in [-0.4, -0.2) is 198 Å². The molecule has 1 aromatic carbocycles. The number of phenolic OH excluding ortho intramolecular Hbond substituents is 1. The highest BCUT2D eigenvalue weighted by Gasteiger charge is 2.48. The Morgan fingerprint density at radius 1 is 0.767 bits per heavy atom. The topological polar surface area (TPSA) is 406 Å². The largest absolute Gasteiger partial charge is 0.508 e. The number of rotatable bonds is 10. The van der Waals surface area contributed by atoms with E-state index >= 15 is 0 Å². The van der Waals surface area contributed by atoms with Crippen molar-refractivity contribution in [2.45, 2.75) is 118 Å². The van der Waals surface area contributed by atoms with E-state index in [0.29, 0.717) is 0 Å². The predicted octanol–water partition coefficient (Wildman–Crippen LogP) is -8.24. The Bertz CT molecular complexity index is 1680. The summed E-state index contributed by atoms with van der Waals surface area (Å²) in [6.07, 6.45) is -15.5. The number of fused-ring (bicyclic) bond motifs is 2. The molecule has 6 amide bonds. The lowest BCUT2D eigenvalue weighted by Gasteiger charge is -2.35. The van der Waals surface area contributed by atoms with E-state index in [4.69, 9.17) is 21.9 Å². The van der Waals surface area contributed by atoms with Gasteiger partial charge in [0.05, 0.1) is 37.1 Å². The first kappa shape index (κ1) is 48.1. The average molecular weight is 856 g/mol. The highest BCUT2D eigenvalue weighted by Crippen LogP contribution is 2.26. The highest BCUT2D eigenvalue weighted by atomic mass is 16.5. The molecule has 3 heterocycles. The van der Waals surface area contributed by atoms with E-state index in [0.717, 1.165) is 28.9 Å². The number of carbonyl (C=O) groups excluding carboxylic acids is 6. The fourth-order valence-electron chi connectivity index (χ4n) is 7.32. The number of nitrogens with two attached hydrogens (primary N) is 3. The number of phenols is 1. The molecule has 24 heteroatoms. The third-order valence-electron chi connectivity index (χ3n) is 10.6. The summed E-state index contributed by atoms with van der Waals surface area (Å²) in [6.45, 7) is -0.261. The number of aliphatic hydroxyl groups is 7. The van der Waals surface area contributed by atoms with Crippen LogP contribution >= 0.6 is 0 Å². The number of nitrogens with one attached hydrogen (secondary N) is 4. The van der Waals surface area contributed by atoms with E-state index in [9.17, 15) is 69.6 Å². The van der Waals surface area contributed by atoms with E-state index in [2.05, 4.69) is 21.3 Å². The predicted molar refractivity (Wildman–Crippen MR) is 204 cm³/mol. The van der Waals surface area contributed by atoms with Gasteiger partial charge in [-0.05, 0) is 44.0 Å². The third-order valence-corrected chi connectivity index (χ3v) is 10.6. The molecule has 14 atom stereocenters. The monoisotopic (exact) mass is 855 g/mol. The molecular weight excluding hydrogens is 798 g/mol. The van der Waals surface area contributed by atoms with Crippen molar-refractivity contribution >= 4 is 35.4 Å². The van der Waals surface area contributed by atoms with Crippen molar-refractivity contribution < 1.29 is 74.4 Å². The second-order valence-electron chi connectivity index (χ2n) is 15.1. The van der Waals surface area contributed by atoms with Gasteiger partial charge >= 0.3 is 0 Å². The minimum atomic E-state index is -2.26. The standard InChI is InChI=1S/C36H57N9O15/c1-15(46)24-35(58)45-14-18(48)12-20(45)31(55)42-26(29(53)28(52)16-2-4-17(47)5-3-16)32(56)41-25(21(49)6-8-37)36(59)44-10-7-22(50)27(44)33(57)43-34(60-11-9-38)23(51)13-19(39)30(54)40-24/h2-5,15,18-29,34,46-53H,6-14,37-39H2,1H3,(H,40,54)(H,41,56)(H,42,55)(H,43,57)/t15-,18-,19-,20+,21-,22+,23+,24+,25+,26+,27+,28+,29+,34-/m1/s1. The molecule has 3 aliphatic rings. The van der Waals surface area contributed by atoms with Crippen LogP contribution in [0.1, 0.15) is 44.3 Å². The Kier molecular flexibility index (Phi) is 17.0. The van der Waals surface area contributed by atoms with Gasteiger partial charge < -0.3 is 93.9 Å². The van der Waals surface area contributed by atoms with Gasteiger partial charge in [-0.2, -0.15) is 0 Å². The van der Waals surface area contributed by atoms with Gasteiger partial charge in [0.15, 0.2) is 6.23 Å². The Morgan fingerprint density at radius 3 is 2.00 bits per heavy atom. The number of aliphatic hydroxyl groups excluding tert-OH is 7. The van der Waals surface area contributed by atoms with Crippen molar-refractivity contribution in [2.24, 2.45) is 17.2 Å². The number of benzene rings is 1. The van der Waals surface area contributed by atoms with E-state index in [1.807, 2.05) is 0 Å². The zero-order valence-corrected chi connectivity index (χ0v) is 32.8. The summed E-state index contributed by atoms with van der Waals surface area (Å²) in [5.41, 5.74) is 17.3. The number of hydrogen-bond acceptors (Lipinski definition) is 18. The molecule has 4 rings (SSSR count). The zero-order chi connectivity index (χ0) is 44.6. The van der Waals surface area contributed by atoms with Crippen LogP contribution < -0.4 is 38.5 Å². The van der Waals surface area contributed by atoms with Crippen molar-refractivity contribution in [2.75, 3.05) is 32.8 Å². The van der Waals surface area contributed by atoms with Crippen molar-refractivity contribution in [3.8, 4) is 5.75 Å². The van der Waals surface area contributed by atoms with Gasteiger partial charge in [0.1, 0.15) is 54.3 Å². The van der Waals surface area contributed by atoms with Crippen LogP contribution in [0.4, 0.5) is 0 Å². The SMILES string of the molecule is C[C@@H](O)[C@@H]1NC(=O)[C@H](N)C[C@H](O)[C@@H](OCCN)NC(=O)[C@@H]2[C@@H](O)CCN2C(=O)[C@H]([C@H](O)CCN)NC(=O)[C@H]([C@H](O)[C@@H](O)c2ccc(O)cc2)NC(=O)[C@@H]2C[C@@H](O)CN2C1=O. The molecule has 0 aromatic heterocycles. The smallest absolute Gasteiger partial charge is 0.248 e. The maximum atomic E-state index is 14.3. The lowest BCUT2D eigenvalue weighted by atomic mass is 9.96. The summed E-state index contributed by atoms with van der Waals surface area (Å²) >= 11 is 0. The number of ether oxygens (including phenoxy) is 1. The number of aromatic hydroxyl groups is 1. The van der Waals surface area contributed by atoms with Crippen molar-refractivity contribution in [3.05, 3.63) is 29.8 Å². The number of amides is 6. The van der Waals surface area contributed by atoms with E-state index in [1.165, 1.54) is 12.1 Å². The maximum absolute atomic E-state index is 14.3. The molecule has 0 radical (unpaired) electrons. The molecule has 3 fully saturated rings. The Labute approximate surface area is 344 Å². The van der Waals surface area contributed by atoms with Crippen molar-refractivity contribution in [3.63, 3.8) is 0 Å². The summed E-state index contributed by atoms with van der Waals surface area (Å²) in [5.74, 6) is -7.19. The second kappa shape index (κ2) is 21.3. The Hall–Kier alpha value is -4.60. The minimum Gasteiger partial charge on any atom is -0.508 e. The Balaban J connectivity index is 1.84. The fraction of sp³-hybridized carbons (Fsp3) is 0.667. The van der Waals surface area contributed by atoms with Gasteiger partial charge in [0.2, 0.25) is 35.4 Å². The summed E-state index contributed by atoms with van der Waals surface area (Å²) in [4.78, 5) is 85.3. The van der Waals surface area contributed by atoms with Gasteiger partial charge in [-0.1, -0.05) is 12.1 Å². The first-order valence-electron chi connectivity index (χ1n) is 19.5. The zero-order valence-electron chi connectivity index (χ0n) is 32.8. The molecule has 0 unspecified atom stereocenters. The molecule has 0 aliphatic carbocycles. The van der Waals surface area contributed by atoms with Gasteiger partial charge in [0.25, 0.3) is 0 Å². The van der Waals surface area contributed by atoms with Gasteiger partial charge in [-0.15, -0.1) is 0 Å². The van der Waals surface area contributed by atoms with Crippen LogP contribution in [0, 0.1) is 0 Å². The molecule has 18 N–H and O–H groups in total. The third kappa shape index (κ3) is 11.4. The number of carbonyl (C=O) groups is 6. The number of hydrogen-bond donors (Lipinski definition) is 15. The van der Waals surface area contributed by atoms with E-state index < -0.39 is 140 Å². The highest BCUT2D eigenvalue weighted by molar-refractivity contribution is 5.98. The van der Waals surface area contributed by atoms with E-state index in [-0.39, 0.29) is 50.4 Å². The van der Waals surface area contributed by atoms with Crippen LogP contribution in [0.5, 0.6) is 5.75 Å². The molecule has 1 aromatic rings. The van der Waals surface area contributed by atoms with Gasteiger partial charge in [-0.3, -0.25) is 28.8 Å². The van der Waals surface area contributed by atoms with Crippen LogP contribution in [0.3, 0.4) is 0 Å². The summed E-state index contributed by atoms with van der Waals surface area (Å²) < 4.78 is 5.52. The van der Waals surface area contributed by atoms with Crippen LogP contribution in [0.15, 0.2) is 24.3 Å². The molecule has 0 spiro atoms. The lowest BCUT2D eigenvalue weighted by Crippen LogP contribution is -2.64. The quantitative estimate of drug-likeness (QED) is 0.104. The van der Waals surface area contributed by atoms with Gasteiger partial charge in [0, 0.05) is 32.5 Å². The lowest BCUT2D eigenvalue weighted by molar-refractivity contribution is -0.149. The fourth-order valence-corrected chi connectivity index (χ4v) is 7.32. The molecular formula is C36H57N9O15. The first-order chi connectivity index (χ1) is 28.3. The molecule has 336 valence electrons. The molecule has 0 saturated carbocycles. The van der Waals surface area contributed by atoms with Gasteiger partial charge in [-0.25, -0.2) is 0 Å². The second-order valence-corrected chi connectivity index (χ2v) is 15.1. The molecule has 60 heavy (non-hydrogen) atoms. The molecule has 3 saturated heterocycles. The minimum absolute atomic E-state index is 0.0545. The maximum Gasteiger partial charge on any atom is 0.248 e. The Morgan fingerprint density at radius 2 is 1.38 bits per heavy atom. The number of nitrogens with zero attached hydrogens (tertiary/aromatic N) is 2. The van der Waals surface area contributed by atoms with Crippen LogP contribution in [-0.2, 0) is 33.5 Å². The van der Waals surface area contributed by atoms with Crippen LogP contribution in [0.25, 0.3) is 0 Å². The van der Waals surface area contributed by atoms with Crippen LogP contribution in [0.2, 0.25) is 0 Å². The summed E-state index contributed by atoms with van der Waals surface area (Å²) in [6, 6.07) is -6.24. The summed E-state index contributed by atoms with van der Waals surface area (Å²) in [7, 11) is 0. The van der Waals surface area contributed by atoms with Crippen molar-refractivity contribution in [1.82, 2.24) is 31.1 Å². The average Bonchev–Trinajstić information content (AvgIpc) is 3.80. The van der Waals surface area contributed by atoms with Crippen molar-refractivity contribution in [1.29, 1.82) is 0 Å². The summed E-state index contributed by atoms with van der Waals surface area (Å²) in [5, 5.41) is 96.2. The van der Waals surface area contributed by atoms with E-state index in [1.54, 1.807) is 0 Å². The molecule has 0 bridgehead atoms. The first-order valence-corrected chi connectivity index (χ1v) is 19.5. The molecule has 24 nitrogen and oxygen atoms in total. The molecule has 3 aliphatic heterocycles.